The number of carbonyl (C=O) groups is 1. The second-order valence-corrected chi connectivity index (χ2v) is 12.4. The Kier molecular flexibility index (Phi) is 12.6. The maximum absolute atomic E-state index is 13.8. The van der Waals surface area contributed by atoms with Crippen molar-refractivity contribution < 1.29 is 9.53 Å². The first-order valence-corrected chi connectivity index (χ1v) is 16.4. The van der Waals surface area contributed by atoms with Crippen LogP contribution in [-0.2, 0) is 11.2 Å². The van der Waals surface area contributed by atoms with E-state index in [1.165, 1.54) is 68.4 Å². The quantitative estimate of drug-likeness (QED) is 0.148. The lowest BCUT2D eigenvalue weighted by Gasteiger charge is -2.17. The second kappa shape index (κ2) is 16.4. The van der Waals surface area contributed by atoms with Crippen LogP contribution in [0, 0.1) is 12.8 Å². The Morgan fingerprint density at radius 1 is 0.810 bits per heavy atom. The maximum atomic E-state index is 13.8. The highest BCUT2D eigenvalue weighted by Crippen LogP contribution is 2.40. The summed E-state index contributed by atoms with van der Waals surface area (Å²) in [5.74, 6) is 0.0785. The molecule has 1 heterocycles. The van der Waals surface area contributed by atoms with Crippen LogP contribution < -0.4 is 9.75 Å². The molecule has 0 saturated carbocycles. The summed E-state index contributed by atoms with van der Waals surface area (Å²) in [6, 6.07) is 19.2. The van der Waals surface area contributed by atoms with E-state index in [-0.39, 0.29) is 16.0 Å². The number of carbonyl (C=O) groups excluding carboxylic acids is 1. The average molecular weight is 628 g/mol. The molecule has 0 radical (unpaired) electrons. The fourth-order valence-corrected chi connectivity index (χ4v) is 6.29. The van der Waals surface area contributed by atoms with E-state index in [2.05, 4.69) is 31.2 Å². The SMILES string of the molecule is CCCCCCCCCCCCOc1cccc(C2=NN(c3c(Cl)cc(Cl)cc3Cl)C(=O)C2Cc2ccc(C)cc2)c1. The molecular weight excluding hydrogens is 587 g/mol. The minimum absolute atomic E-state index is 0.187. The summed E-state index contributed by atoms with van der Waals surface area (Å²) >= 11 is 19.2. The number of rotatable bonds is 16. The molecule has 4 nitrogen and oxygen atoms in total. The van der Waals surface area contributed by atoms with Crippen molar-refractivity contribution in [1.29, 1.82) is 0 Å². The third-order valence-corrected chi connectivity index (χ3v) is 8.49. The van der Waals surface area contributed by atoms with Gasteiger partial charge in [-0.1, -0.05) is 141 Å². The Balaban J connectivity index is 1.44. The van der Waals surface area contributed by atoms with E-state index in [1.807, 2.05) is 31.2 Å². The Morgan fingerprint density at radius 2 is 1.43 bits per heavy atom. The fraction of sp³-hybridized carbons (Fsp3) is 0.429. The smallest absolute Gasteiger partial charge is 0.257 e. The number of amides is 1. The standard InChI is InChI=1S/C35H41Cl3N2O2/c1-3-4-5-6-7-8-9-10-11-12-20-42-29-15-13-14-27(22-29)33-30(21-26-18-16-25(2)17-19-26)35(41)40(39-33)34-31(37)23-28(36)24-32(34)38/h13-19,22-24,30H,3-12,20-21H2,1-2H3. The first kappa shape index (κ1) is 32.4. The predicted molar refractivity (Wildman–Crippen MR) is 178 cm³/mol. The summed E-state index contributed by atoms with van der Waals surface area (Å²) in [5, 5.41) is 7.06. The zero-order chi connectivity index (χ0) is 29.9. The number of nitrogens with zero attached hydrogens (tertiary/aromatic N) is 2. The lowest BCUT2D eigenvalue weighted by molar-refractivity contribution is -0.119. The molecule has 0 aliphatic carbocycles. The van der Waals surface area contributed by atoms with Gasteiger partial charge in [-0.05, 0) is 49.6 Å². The van der Waals surface area contributed by atoms with Gasteiger partial charge in [0.2, 0.25) is 0 Å². The van der Waals surface area contributed by atoms with E-state index in [0.717, 1.165) is 23.3 Å². The molecule has 0 spiro atoms. The molecule has 7 heteroatoms. The largest absolute Gasteiger partial charge is 0.494 e. The van der Waals surface area contributed by atoms with Gasteiger partial charge in [0.1, 0.15) is 11.4 Å². The number of unbranched alkanes of at least 4 members (excludes halogenated alkanes) is 9. The average Bonchev–Trinajstić information content (AvgIpc) is 3.27. The number of hydrazone groups is 1. The molecule has 0 bridgehead atoms. The van der Waals surface area contributed by atoms with E-state index < -0.39 is 5.92 Å². The molecule has 3 aromatic carbocycles. The summed E-state index contributed by atoms with van der Waals surface area (Å²) in [7, 11) is 0. The lowest BCUT2D eigenvalue weighted by Crippen LogP contribution is -2.29. The third-order valence-electron chi connectivity index (χ3n) is 7.69. The van der Waals surface area contributed by atoms with Crippen molar-refractivity contribution in [3.63, 3.8) is 0 Å². The summed E-state index contributed by atoms with van der Waals surface area (Å²) in [5.41, 5.74) is 4.05. The van der Waals surface area contributed by atoms with E-state index in [4.69, 9.17) is 44.6 Å². The molecule has 0 saturated heterocycles. The molecular formula is C35H41Cl3N2O2. The maximum Gasteiger partial charge on any atom is 0.257 e. The number of ether oxygens (including phenoxy) is 1. The molecule has 4 rings (SSSR count). The molecule has 3 aromatic rings. The number of hydrogen-bond donors (Lipinski definition) is 0. The third kappa shape index (κ3) is 8.99. The van der Waals surface area contributed by atoms with Gasteiger partial charge < -0.3 is 4.74 Å². The minimum Gasteiger partial charge on any atom is -0.494 e. The zero-order valence-electron chi connectivity index (χ0n) is 24.7. The first-order chi connectivity index (χ1) is 20.4. The normalized spacial score (nSPS) is 14.9. The zero-order valence-corrected chi connectivity index (χ0v) is 26.9. The lowest BCUT2D eigenvalue weighted by atomic mass is 9.90. The van der Waals surface area contributed by atoms with Crippen molar-refractivity contribution in [3.8, 4) is 5.75 Å². The Morgan fingerprint density at radius 3 is 2.07 bits per heavy atom. The number of anilines is 1. The van der Waals surface area contributed by atoms with Gasteiger partial charge in [0.25, 0.3) is 5.91 Å². The van der Waals surface area contributed by atoms with Crippen LogP contribution in [0.3, 0.4) is 0 Å². The predicted octanol–water partition coefficient (Wildman–Crippen LogP) is 10.9. The number of benzene rings is 3. The van der Waals surface area contributed by atoms with Crippen molar-refractivity contribution in [2.45, 2.75) is 84.5 Å². The van der Waals surface area contributed by atoms with Gasteiger partial charge in [0, 0.05) is 10.6 Å². The van der Waals surface area contributed by atoms with Crippen molar-refractivity contribution in [2.24, 2.45) is 11.0 Å². The van der Waals surface area contributed by atoms with Crippen LogP contribution in [0.25, 0.3) is 0 Å². The van der Waals surface area contributed by atoms with E-state index in [9.17, 15) is 4.79 Å². The van der Waals surface area contributed by atoms with Gasteiger partial charge >= 0.3 is 0 Å². The van der Waals surface area contributed by atoms with Crippen molar-refractivity contribution in [3.05, 3.63) is 92.4 Å². The highest BCUT2D eigenvalue weighted by Gasteiger charge is 2.39. The van der Waals surface area contributed by atoms with Crippen molar-refractivity contribution in [2.75, 3.05) is 11.6 Å². The Labute approximate surface area is 266 Å². The van der Waals surface area contributed by atoms with Crippen LogP contribution in [-0.4, -0.2) is 18.2 Å². The molecule has 0 N–H and O–H groups in total. The van der Waals surface area contributed by atoms with Gasteiger partial charge in [-0.2, -0.15) is 10.1 Å². The number of aryl methyl sites for hydroxylation is 1. The van der Waals surface area contributed by atoms with Gasteiger partial charge in [0.15, 0.2) is 0 Å². The van der Waals surface area contributed by atoms with Crippen LogP contribution >= 0.6 is 34.8 Å². The molecule has 1 aliphatic heterocycles. The molecule has 1 aliphatic rings. The minimum atomic E-state index is -0.507. The highest BCUT2D eigenvalue weighted by atomic mass is 35.5. The Hall–Kier alpha value is -2.53. The van der Waals surface area contributed by atoms with Crippen LogP contribution in [0.5, 0.6) is 5.75 Å². The first-order valence-electron chi connectivity index (χ1n) is 15.2. The summed E-state index contributed by atoms with van der Waals surface area (Å²) in [6.45, 7) is 4.97. The van der Waals surface area contributed by atoms with Crippen molar-refractivity contribution in [1.82, 2.24) is 0 Å². The highest BCUT2D eigenvalue weighted by molar-refractivity contribution is 6.43. The van der Waals surface area contributed by atoms with Gasteiger partial charge in [-0.3, -0.25) is 4.79 Å². The van der Waals surface area contributed by atoms with Crippen LogP contribution in [0.4, 0.5) is 5.69 Å². The number of hydrogen-bond acceptors (Lipinski definition) is 3. The van der Waals surface area contributed by atoms with Crippen LogP contribution in [0.1, 0.15) is 87.8 Å². The fourth-order valence-electron chi connectivity index (χ4n) is 5.32. The monoisotopic (exact) mass is 626 g/mol. The van der Waals surface area contributed by atoms with Crippen molar-refractivity contribution >= 4 is 52.1 Å². The van der Waals surface area contributed by atoms with Crippen LogP contribution in [0.2, 0.25) is 15.1 Å². The van der Waals surface area contributed by atoms with Crippen LogP contribution in [0.15, 0.2) is 65.8 Å². The summed E-state index contributed by atoms with van der Waals surface area (Å²) in [6.07, 6.45) is 13.3. The molecule has 1 unspecified atom stereocenters. The summed E-state index contributed by atoms with van der Waals surface area (Å²) in [4.78, 5) is 13.8. The van der Waals surface area contributed by atoms with Gasteiger partial charge in [0.05, 0.1) is 28.3 Å². The molecule has 1 amide bonds. The number of halogens is 3. The molecule has 42 heavy (non-hydrogen) atoms. The molecule has 0 fully saturated rings. The second-order valence-electron chi connectivity index (χ2n) is 11.2. The van der Waals surface area contributed by atoms with Gasteiger partial charge in [-0.25, -0.2) is 0 Å². The van der Waals surface area contributed by atoms with E-state index in [0.29, 0.717) is 29.4 Å². The molecule has 1 atom stereocenters. The summed E-state index contributed by atoms with van der Waals surface area (Å²) < 4.78 is 6.12. The molecule has 0 aromatic heterocycles. The van der Waals surface area contributed by atoms with Gasteiger partial charge in [-0.15, -0.1) is 0 Å². The topological polar surface area (TPSA) is 41.9 Å². The van der Waals surface area contributed by atoms with E-state index in [1.54, 1.807) is 12.1 Å². The van der Waals surface area contributed by atoms with E-state index >= 15 is 0 Å². The Bertz CT molecular complexity index is 1330. The molecule has 224 valence electrons.